The smallest absolute Gasteiger partial charge is 0.344 e. The fraction of sp³-hybridized carbons (Fsp3) is 0.200. The first-order valence-electron chi connectivity index (χ1n) is 12.7. The van der Waals surface area contributed by atoms with Gasteiger partial charge >= 0.3 is 11.9 Å². The van der Waals surface area contributed by atoms with E-state index in [0.29, 0.717) is 48.4 Å². The second-order valence-corrected chi connectivity index (χ2v) is 17.2. The molecule has 0 spiro atoms. The Kier molecular flexibility index (Phi) is 11.1. The Bertz CT molecular complexity index is 1690. The van der Waals surface area contributed by atoms with Crippen molar-refractivity contribution in [2.75, 3.05) is 5.73 Å². The first kappa shape index (κ1) is 33.6. The maximum absolute atomic E-state index is 13.9. The first-order chi connectivity index (χ1) is 19.9. The van der Waals surface area contributed by atoms with E-state index in [-0.39, 0.29) is 5.92 Å². The zero-order chi connectivity index (χ0) is 30.3. The van der Waals surface area contributed by atoms with E-state index < -0.39 is 17.5 Å². The molecule has 0 radical (unpaired) electrons. The summed E-state index contributed by atoms with van der Waals surface area (Å²) in [5, 5.41) is 1.55. The van der Waals surface area contributed by atoms with Gasteiger partial charge in [-0.05, 0) is 208 Å². The van der Waals surface area contributed by atoms with Gasteiger partial charge in [-0.25, -0.2) is 9.59 Å². The molecule has 0 atom stereocenters. The molecule has 4 aromatic rings. The maximum Gasteiger partial charge on any atom is 0.344 e. The van der Waals surface area contributed by atoms with Gasteiger partial charge in [0.2, 0.25) is 0 Å². The monoisotopic (exact) mass is 1240 g/mol. The fourth-order valence-corrected chi connectivity index (χ4v) is 12.8. The summed E-state index contributed by atoms with van der Waals surface area (Å²) in [5.41, 5.74) is 14.0. The molecule has 1 fully saturated rings. The Hall–Kier alpha value is 0.220. The van der Waals surface area contributed by atoms with Crippen LogP contribution in [0.25, 0.3) is 10.8 Å². The number of hydrogen-bond acceptors (Lipinski definition) is 6. The highest BCUT2D eigenvalue weighted by molar-refractivity contribution is 14.1. The lowest BCUT2D eigenvalue weighted by molar-refractivity contribution is -0.142. The molecule has 42 heavy (non-hydrogen) atoms. The summed E-state index contributed by atoms with van der Waals surface area (Å²) < 4.78 is 17.5. The number of halogens is 6. The zero-order valence-corrected chi connectivity index (χ0v) is 34.6. The fourth-order valence-electron chi connectivity index (χ4n) is 5.21. The number of rotatable bonds is 5. The lowest BCUT2D eigenvalue weighted by Crippen LogP contribution is -2.52. The quantitative estimate of drug-likeness (QED) is 0.0895. The number of ether oxygens (including phenoxy) is 2. The van der Waals surface area contributed by atoms with E-state index in [2.05, 4.69) is 136 Å². The molecule has 0 amide bonds. The average molecular weight is 1240 g/mol. The molecule has 0 saturated heterocycles. The minimum absolute atomic E-state index is 0.0302. The molecule has 12 heteroatoms. The van der Waals surface area contributed by atoms with Crippen molar-refractivity contribution in [1.82, 2.24) is 0 Å². The van der Waals surface area contributed by atoms with Crippen molar-refractivity contribution < 1.29 is 19.1 Å². The summed E-state index contributed by atoms with van der Waals surface area (Å²) in [6.45, 7) is 0. The second kappa shape index (κ2) is 13.9. The van der Waals surface area contributed by atoms with E-state index in [9.17, 15) is 9.59 Å². The van der Waals surface area contributed by atoms with Crippen molar-refractivity contribution in [3.8, 4) is 11.5 Å². The number of fused-ring (bicyclic) bond motifs is 1. The number of hydrogen-bond donors (Lipinski definition) is 2. The third kappa shape index (κ3) is 7.12. The molecular formula is C30H22I6N2O4. The van der Waals surface area contributed by atoms with Crippen molar-refractivity contribution in [2.45, 2.75) is 37.1 Å². The Morgan fingerprint density at radius 1 is 0.738 bits per heavy atom. The minimum atomic E-state index is -1.12. The largest absolute Gasteiger partial charge is 0.423 e. The third-order valence-corrected chi connectivity index (χ3v) is 11.8. The zero-order valence-electron chi connectivity index (χ0n) is 21.7. The van der Waals surface area contributed by atoms with Crippen LogP contribution in [0.15, 0.2) is 54.6 Å². The topological polar surface area (TPSA) is 105 Å². The van der Waals surface area contributed by atoms with Crippen LogP contribution in [0, 0.1) is 21.4 Å². The number of anilines is 1. The van der Waals surface area contributed by atoms with Gasteiger partial charge in [0.25, 0.3) is 0 Å². The molecule has 4 N–H and O–H groups in total. The number of nitrogens with two attached hydrogens (primary N) is 2. The molecule has 0 unspecified atom stereocenters. The van der Waals surface area contributed by atoms with Gasteiger partial charge < -0.3 is 20.9 Å². The molecule has 0 aliphatic heterocycles. The van der Waals surface area contributed by atoms with E-state index >= 15 is 0 Å². The van der Waals surface area contributed by atoms with E-state index in [4.69, 9.17) is 20.9 Å². The van der Waals surface area contributed by atoms with Crippen molar-refractivity contribution in [1.29, 1.82) is 0 Å². The van der Waals surface area contributed by atoms with Crippen LogP contribution in [0.1, 0.15) is 47.5 Å². The van der Waals surface area contributed by atoms with Gasteiger partial charge in [-0.1, -0.05) is 24.3 Å². The molecule has 0 aromatic heterocycles. The molecule has 4 aromatic carbocycles. The van der Waals surface area contributed by atoms with Crippen LogP contribution in [0.4, 0.5) is 5.69 Å². The molecule has 218 valence electrons. The predicted molar refractivity (Wildman–Crippen MR) is 216 cm³/mol. The van der Waals surface area contributed by atoms with Crippen LogP contribution in [0.3, 0.4) is 0 Å². The molecule has 1 aliphatic rings. The molecule has 0 bridgehead atoms. The van der Waals surface area contributed by atoms with E-state index in [1.54, 1.807) is 0 Å². The summed E-state index contributed by atoms with van der Waals surface area (Å²) in [6, 6.07) is 17.4. The highest BCUT2D eigenvalue weighted by Crippen LogP contribution is 2.43. The van der Waals surface area contributed by atoms with Crippen molar-refractivity contribution >= 4 is 164 Å². The van der Waals surface area contributed by atoms with Gasteiger partial charge in [0.1, 0.15) is 5.54 Å². The standard InChI is InChI=1S/C30H22I6N2O4/c31-15-9-20(33)26(21(34)10-15)41-28(39)25-18-4-2-1-3-17(18)24(37)13-19(25)14-5-7-30(38,8-6-14)29(40)42-27-22(35)11-16(32)12-23(27)36/h1-4,9-14H,5-8,37-38H2. The van der Waals surface area contributed by atoms with Crippen LogP contribution >= 0.6 is 136 Å². The molecule has 0 heterocycles. The van der Waals surface area contributed by atoms with Crippen LogP contribution in [-0.2, 0) is 4.79 Å². The third-order valence-electron chi connectivity index (χ3n) is 7.35. The van der Waals surface area contributed by atoms with Crippen LogP contribution in [0.5, 0.6) is 11.5 Å². The Morgan fingerprint density at radius 2 is 1.21 bits per heavy atom. The van der Waals surface area contributed by atoms with Crippen molar-refractivity contribution in [3.63, 3.8) is 0 Å². The predicted octanol–water partition coefficient (Wildman–Crippen LogP) is 9.23. The molecule has 5 rings (SSSR count). The number of nitrogen functional groups attached to an aromatic ring is 1. The number of carbonyl (C=O) groups excluding carboxylic acids is 2. The maximum atomic E-state index is 13.9. The second-order valence-electron chi connectivity index (χ2n) is 10.1. The molecule has 1 saturated carbocycles. The molecule has 1 aliphatic carbocycles. The summed E-state index contributed by atoms with van der Waals surface area (Å²) in [5.74, 6) is 0.197. The van der Waals surface area contributed by atoms with Gasteiger partial charge in [0.15, 0.2) is 11.5 Å². The van der Waals surface area contributed by atoms with Gasteiger partial charge in [0, 0.05) is 18.2 Å². The summed E-state index contributed by atoms with van der Waals surface area (Å²) in [7, 11) is 0. The summed E-state index contributed by atoms with van der Waals surface area (Å²) in [4.78, 5) is 27.3. The minimum Gasteiger partial charge on any atom is -0.423 e. The number of carbonyl (C=O) groups is 2. The lowest BCUT2D eigenvalue weighted by Gasteiger charge is -2.36. The van der Waals surface area contributed by atoms with Gasteiger partial charge in [-0.15, -0.1) is 0 Å². The Balaban J connectivity index is 1.45. The van der Waals surface area contributed by atoms with Gasteiger partial charge in [0.05, 0.1) is 19.8 Å². The molecule has 6 nitrogen and oxygen atoms in total. The lowest BCUT2D eigenvalue weighted by atomic mass is 9.73. The van der Waals surface area contributed by atoms with Crippen molar-refractivity contribution in [3.05, 3.63) is 87.1 Å². The first-order valence-corrected chi connectivity index (χ1v) is 19.2. The van der Waals surface area contributed by atoms with Crippen LogP contribution < -0.4 is 20.9 Å². The Labute approximate surface area is 325 Å². The highest BCUT2D eigenvalue weighted by Gasteiger charge is 2.42. The van der Waals surface area contributed by atoms with Gasteiger partial charge in [-0.2, -0.15) is 0 Å². The van der Waals surface area contributed by atoms with Crippen LogP contribution in [0.2, 0.25) is 0 Å². The van der Waals surface area contributed by atoms with Gasteiger partial charge in [-0.3, -0.25) is 0 Å². The van der Waals surface area contributed by atoms with E-state index in [0.717, 1.165) is 37.8 Å². The Morgan fingerprint density at radius 3 is 1.74 bits per heavy atom. The SMILES string of the molecule is Nc1cc(C2CCC(N)(C(=O)Oc3c(I)cc(I)cc3I)CC2)c(C(=O)Oc2c(I)cc(I)cc2I)c2ccccc12. The number of esters is 2. The number of benzene rings is 4. The van der Waals surface area contributed by atoms with E-state index in [1.807, 2.05) is 54.6 Å². The summed E-state index contributed by atoms with van der Waals surface area (Å²) >= 11 is 13.2. The highest BCUT2D eigenvalue weighted by atomic mass is 127. The molecular weight excluding hydrogens is 1210 g/mol. The van der Waals surface area contributed by atoms with E-state index in [1.165, 1.54) is 0 Å². The van der Waals surface area contributed by atoms with Crippen molar-refractivity contribution in [2.24, 2.45) is 5.73 Å². The normalized spacial score (nSPS) is 18.6. The average Bonchev–Trinajstić information content (AvgIpc) is 2.92. The van der Waals surface area contributed by atoms with Crippen LogP contribution in [-0.4, -0.2) is 17.5 Å². The summed E-state index contributed by atoms with van der Waals surface area (Å²) in [6.07, 6.45) is 2.04.